The average molecular weight is 343 g/mol. The van der Waals surface area contributed by atoms with Crippen LogP contribution in [0.4, 0.5) is 13.2 Å². The number of para-hydroxylation sites is 1. The summed E-state index contributed by atoms with van der Waals surface area (Å²) in [5.74, 6) is 0. The Balaban J connectivity index is 2.13. The van der Waals surface area contributed by atoms with Crippen molar-refractivity contribution in [3.05, 3.63) is 54.1 Å². The SMILES string of the molecule is O=S(=O)(c1cccc(C(F)(F)F)c1)c1nc2ccccc2s1. The summed E-state index contributed by atoms with van der Waals surface area (Å²) in [7, 11) is -4.08. The fourth-order valence-electron chi connectivity index (χ4n) is 1.91. The van der Waals surface area contributed by atoms with Crippen molar-refractivity contribution in [3.63, 3.8) is 0 Å². The highest BCUT2D eigenvalue weighted by atomic mass is 32.2. The van der Waals surface area contributed by atoms with E-state index in [2.05, 4.69) is 4.98 Å². The molecule has 1 aromatic heterocycles. The highest BCUT2D eigenvalue weighted by molar-refractivity contribution is 7.93. The molecule has 0 spiro atoms. The molecule has 0 fully saturated rings. The first-order valence-corrected chi connectivity index (χ1v) is 8.36. The maximum atomic E-state index is 12.7. The molecule has 8 heteroatoms. The lowest BCUT2D eigenvalue weighted by atomic mass is 10.2. The van der Waals surface area contributed by atoms with Crippen LogP contribution in [-0.4, -0.2) is 13.4 Å². The predicted octanol–water partition coefficient (Wildman–Crippen LogP) is 4.15. The summed E-state index contributed by atoms with van der Waals surface area (Å²) in [6, 6.07) is 10.5. The summed E-state index contributed by atoms with van der Waals surface area (Å²) in [6.07, 6.45) is -4.60. The summed E-state index contributed by atoms with van der Waals surface area (Å²) in [6.45, 7) is 0. The van der Waals surface area contributed by atoms with E-state index in [1.165, 1.54) is 0 Å². The van der Waals surface area contributed by atoms with Crippen molar-refractivity contribution in [2.24, 2.45) is 0 Å². The van der Waals surface area contributed by atoms with Gasteiger partial charge in [-0.2, -0.15) is 13.2 Å². The second-order valence-corrected chi connectivity index (χ2v) is 7.63. The van der Waals surface area contributed by atoms with Gasteiger partial charge in [0.25, 0.3) is 0 Å². The lowest BCUT2D eigenvalue weighted by Crippen LogP contribution is -2.08. The molecule has 3 aromatic rings. The van der Waals surface area contributed by atoms with Gasteiger partial charge in [0.2, 0.25) is 14.2 Å². The largest absolute Gasteiger partial charge is 0.416 e. The molecule has 0 bridgehead atoms. The van der Waals surface area contributed by atoms with Crippen molar-refractivity contribution in [2.75, 3.05) is 0 Å². The molecule has 0 N–H and O–H groups in total. The van der Waals surface area contributed by atoms with Gasteiger partial charge in [0, 0.05) is 0 Å². The topological polar surface area (TPSA) is 47.0 Å². The van der Waals surface area contributed by atoms with Gasteiger partial charge in [0.15, 0.2) is 0 Å². The van der Waals surface area contributed by atoms with Crippen LogP contribution < -0.4 is 0 Å². The third-order valence-electron chi connectivity index (χ3n) is 2.98. The van der Waals surface area contributed by atoms with Crippen molar-refractivity contribution in [2.45, 2.75) is 15.4 Å². The molecule has 0 saturated carbocycles. The quantitative estimate of drug-likeness (QED) is 0.702. The van der Waals surface area contributed by atoms with Crippen LogP contribution >= 0.6 is 11.3 Å². The van der Waals surface area contributed by atoms with Gasteiger partial charge >= 0.3 is 6.18 Å². The van der Waals surface area contributed by atoms with Crippen LogP contribution in [0.2, 0.25) is 0 Å². The third-order valence-corrected chi connectivity index (χ3v) is 6.14. The summed E-state index contributed by atoms with van der Waals surface area (Å²) in [5.41, 5.74) is -0.507. The smallest absolute Gasteiger partial charge is 0.225 e. The zero-order chi connectivity index (χ0) is 16.0. The van der Waals surface area contributed by atoms with Crippen molar-refractivity contribution < 1.29 is 21.6 Å². The minimum atomic E-state index is -4.60. The number of thiazole rings is 1. The number of rotatable bonds is 2. The molecule has 0 aliphatic rings. The molecule has 3 nitrogen and oxygen atoms in total. The normalized spacial score (nSPS) is 12.7. The fraction of sp³-hybridized carbons (Fsp3) is 0.0714. The molecule has 0 amide bonds. The van der Waals surface area contributed by atoms with Gasteiger partial charge < -0.3 is 0 Å². The Morgan fingerprint density at radius 1 is 1.00 bits per heavy atom. The number of halogens is 3. The van der Waals surface area contributed by atoms with Gasteiger partial charge in [-0.1, -0.05) is 18.2 Å². The van der Waals surface area contributed by atoms with E-state index in [1.807, 2.05) is 0 Å². The molecule has 2 aromatic carbocycles. The zero-order valence-corrected chi connectivity index (χ0v) is 12.5. The molecule has 0 aliphatic heterocycles. The number of benzene rings is 2. The van der Waals surface area contributed by atoms with Crippen LogP contribution in [0.15, 0.2) is 57.8 Å². The number of nitrogens with zero attached hydrogens (tertiary/aromatic N) is 1. The van der Waals surface area contributed by atoms with E-state index in [4.69, 9.17) is 0 Å². The molecule has 0 saturated heterocycles. The Morgan fingerprint density at radius 2 is 1.73 bits per heavy atom. The van der Waals surface area contributed by atoms with Crippen LogP contribution in [0, 0.1) is 0 Å². The van der Waals surface area contributed by atoms with E-state index in [-0.39, 0.29) is 4.34 Å². The highest BCUT2D eigenvalue weighted by Gasteiger charge is 2.32. The Bertz CT molecular complexity index is 913. The number of hydrogen-bond donors (Lipinski definition) is 0. The van der Waals surface area contributed by atoms with E-state index in [0.29, 0.717) is 16.3 Å². The maximum Gasteiger partial charge on any atom is 0.416 e. The number of fused-ring (bicyclic) bond motifs is 1. The number of aromatic nitrogens is 1. The van der Waals surface area contributed by atoms with Gasteiger partial charge in [-0.05, 0) is 30.3 Å². The Morgan fingerprint density at radius 3 is 2.41 bits per heavy atom. The van der Waals surface area contributed by atoms with Crippen molar-refractivity contribution in [1.82, 2.24) is 4.98 Å². The van der Waals surface area contributed by atoms with Gasteiger partial charge in [-0.15, -0.1) is 11.3 Å². The second-order valence-electron chi connectivity index (χ2n) is 4.48. The summed E-state index contributed by atoms with van der Waals surface area (Å²) in [4.78, 5) is 3.59. The van der Waals surface area contributed by atoms with Crippen molar-refractivity contribution in [1.29, 1.82) is 0 Å². The van der Waals surface area contributed by atoms with Gasteiger partial charge in [0.1, 0.15) is 0 Å². The highest BCUT2D eigenvalue weighted by Crippen LogP contribution is 2.33. The fourth-order valence-corrected chi connectivity index (χ4v) is 4.56. The van der Waals surface area contributed by atoms with Crippen LogP contribution in [-0.2, 0) is 16.0 Å². The van der Waals surface area contributed by atoms with Gasteiger partial charge in [0.05, 0.1) is 20.7 Å². The second kappa shape index (κ2) is 5.06. The van der Waals surface area contributed by atoms with E-state index in [1.54, 1.807) is 24.3 Å². The molecule has 22 heavy (non-hydrogen) atoms. The first-order valence-electron chi connectivity index (χ1n) is 6.06. The minimum Gasteiger partial charge on any atom is -0.225 e. The lowest BCUT2D eigenvalue weighted by molar-refractivity contribution is -0.137. The molecule has 0 radical (unpaired) electrons. The molecule has 0 aliphatic carbocycles. The van der Waals surface area contributed by atoms with E-state index < -0.39 is 26.5 Å². The number of sulfone groups is 1. The molecule has 1 heterocycles. The number of hydrogen-bond acceptors (Lipinski definition) is 4. The molecule has 0 atom stereocenters. The van der Waals surface area contributed by atoms with Crippen molar-refractivity contribution in [3.8, 4) is 0 Å². The van der Waals surface area contributed by atoms with Crippen LogP contribution in [0.3, 0.4) is 0 Å². The average Bonchev–Trinajstić information content (AvgIpc) is 2.91. The molecule has 0 unspecified atom stereocenters. The van der Waals surface area contributed by atoms with E-state index in [9.17, 15) is 21.6 Å². The Hall–Kier alpha value is -1.93. The molecular weight excluding hydrogens is 335 g/mol. The third kappa shape index (κ3) is 2.59. The van der Waals surface area contributed by atoms with Gasteiger partial charge in [-0.25, -0.2) is 13.4 Å². The molecule has 3 rings (SSSR count). The van der Waals surface area contributed by atoms with Crippen LogP contribution in [0.1, 0.15) is 5.56 Å². The summed E-state index contributed by atoms with van der Waals surface area (Å²) >= 11 is 0.932. The maximum absolute atomic E-state index is 12.7. The Labute approximate surface area is 128 Å². The lowest BCUT2D eigenvalue weighted by Gasteiger charge is -2.08. The minimum absolute atomic E-state index is 0.215. The standard InChI is InChI=1S/C14H8F3NO2S2/c15-14(16,17)9-4-3-5-10(8-9)22(19,20)13-18-11-6-1-2-7-12(11)21-13/h1-8H. The summed E-state index contributed by atoms with van der Waals surface area (Å²) < 4.78 is 63.5. The first kappa shape index (κ1) is 15.0. The molecular formula is C14H8F3NO2S2. The monoisotopic (exact) mass is 343 g/mol. The van der Waals surface area contributed by atoms with Crippen LogP contribution in [0.5, 0.6) is 0 Å². The first-order chi connectivity index (χ1) is 10.3. The summed E-state index contributed by atoms with van der Waals surface area (Å²) in [5, 5.41) is 0. The van der Waals surface area contributed by atoms with Gasteiger partial charge in [-0.3, -0.25) is 0 Å². The van der Waals surface area contributed by atoms with E-state index >= 15 is 0 Å². The number of alkyl halides is 3. The predicted molar refractivity (Wildman–Crippen MR) is 76.5 cm³/mol. The van der Waals surface area contributed by atoms with Crippen LogP contribution in [0.25, 0.3) is 10.2 Å². The van der Waals surface area contributed by atoms with Crippen molar-refractivity contribution >= 4 is 31.4 Å². The Kier molecular flexibility index (Phi) is 3.45. The zero-order valence-electron chi connectivity index (χ0n) is 10.8. The molecule has 114 valence electrons. The van der Waals surface area contributed by atoms with E-state index in [0.717, 1.165) is 29.5 Å².